The molecule has 28 heavy (non-hydrogen) atoms. The van der Waals surface area contributed by atoms with E-state index in [1.165, 1.54) is 18.2 Å². The molecule has 2 N–H and O–H groups in total. The van der Waals surface area contributed by atoms with Crippen LogP contribution in [-0.4, -0.2) is 36.7 Å². The third-order valence-corrected chi connectivity index (χ3v) is 4.86. The number of aromatic nitrogens is 4. The number of nitrogens with zero attached hydrogens (tertiary/aromatic N) is 4. The van der Waals surface area contributed by atoms with Crippen molar-refractivity contribution < 1.29 is 9.72 Å². The molecule has 0 spiro atoms. The van der Waals surface area contributed by atoms with Gasteiger partial charge in [-0.15, -0.1) is 10.2 Å². The molecule has 0 aliphatic rings. The number of anilines is 1. The van der Waals surface area contributed by atoms with Crippen LogP contribution in [0.1, 0.15) is 5.56 Å². The Kier molecular flexibility index (Phi) is 4.62. The molecule has 10 heteroatoms. The molecule has 2 aromatic carbocycles. The Balaban J connectivity index is 1.46. The maximum absolute atomic E-state index is 12.1. The number of hydrogen-bond acceptors (Lipinski definition) is 7. The van der Waals surface area contributed by atoms with Crippen LogP contribution in [0, 0.1) is 17.0 Å². The molecule has 0 atom stereocenters. The van der Waals surface area contributed by atoms with Crippen molar-refractivity contribution >= 4 is 51.1 Å². The van der Waals surface area contributed by atoms with E-state index < -0.39 is 4.92 Å². The summed E-state index contributed by atoms with van der Waals surface area (Å²) in [6.45, 7) is 2.00. The third-order valence-electron chi connectivity index (χ3n) is 4.02. The van der Waals surface area contributed by atoms with Gasteiger partial charge >= 0.3 is 0 Å². The number of nitrogens with one attached hydrogen (secondary N) is 2. The Morgan fingerprint density at radius 1 is 1.25 bits per heavy atom. The average molecular weight is 394 g/mol. The smallest absolute Gasteiger partial charge is 0.271 e. The molecule has 4 aromatic rings. The van der Waals surface area contributed by atoms with Crippen LogP contribution in [0.2, 0.25) is 0 Å². The van der Waals surface area contributed by atoms with E-state index in [4.69, 9.17) is 0 Å². The first-order valence-electron chi connectivity index (χ1n) is 8.29. The minimum Gasteiger partial charge on any atom is -0.338 e. The number of nitro benzene ring substituents is 1. The highest BCUT2D eigenvalue weighted by Gasteiger charge is 2.12. The van der Waals surface area contributed by atoms with Gasteiger partial charge in [-0.2, -0.15) is 0 Å². The summed E-state index contributed by atoms with van der Waals surface area (Å²) in [5.74, 6) is -0.267. The van der Waals surface area contributed by atoms with E-state index in [0.717, 1.165) is 28.2 Å². The van der Waals surface area contributed by atoms with Crippen LogP contribution >= 0.6 is 11.8 Å². The summed E-state index contributed by atoms with van der Waals surface area (Å²) in [7, 11) is 0. The van der Waals surface area contributed by atoms with Crippen molar-refractivity contribution in [3.63, 3.8) is 0 Å². The molecule has 0 aliphatic carbocycles. The number of fused-ring (bicyclic) bond motifs is 3. The van der Waals surface area contributed by atoms with Gasteiger partial charge in [0, 0.05) is 28.7 Å². The monoisotopic (exact) mass is 394 g/mol. The summed E-state index contributed by atoms with van der Waals surface area (Å²) in [6.07, 6.45) is 0. The van der Waals surface area contributed by atoms with Crippen molar-refractivity contribution in [1.82, 2.24) is 20.2 Å². The lowest BCUT2D eigenvalue weighted by Gasteiger charge is -2.04. The number of H-pyrrole nitrogens is 1. The largest absolute Gasteiger partial charge is 0.338 e. The molecule has 0 unspecified atom stereocenters. The number of non-ortho nitro benzene ring substituents is 1. The van der Waals surface area contributed by atoms with Crippen LogP contribution in [0.4, 0.5) is 11.4 Å². The SMILES string of the molecule is Cc1ccc2[nH]c3nc(SCC(=O)Nc4cccc([N+](=O)[O-])c4)nnc3c2c1. The van der Waals surface area contributed by atoms with Gasteiger partial charge in [-0.1, -0.05) is 29.5 Å². The fourth-order valence-electron chi connectivity index (χ4n) is 2.76. The Morgan fingerprint density at radius 2 is 2.11 bits per heavy atom. The lowest BCUT2D eigenvalue weighted by molar-refractivity contribution is -0.384. The first kappa shape index (κ1) is 17.9. The van der Waals surface area contributed by atoms with Crippen LogP contribution in [0.15, 0.2) is 47.6 Å². The number of aromatic amines is 1. The van der Waals surface area contributed by atoms with Crippen LogP contribution in [0.5, 0.6) is 0 Å². The second-order valence-corrected chi connectivity index (χ2v) is 7.05. The zero-order valence-electron chi connectivity index (χ0n) is 14.7. The summed E-state index contributed by atoms with van der Waals surface area (Å²) in [5, 5.41) is 23.1. The Labute approximate surface area is 162 Å². The van der Waals surface area contributed by atoms with Crippen LogP contribution in [-0.2, 0) is 4.79 Å². The van der Waals surface area contributed by atoms with Crippen molar-refractivity contribution in [3.8, 4) is 0 Å². The average Bonchev–Trinajstić information content (AvgIpc) is 3.03. The number of benzene rings is 2. The molecular weight excluding hydrogens is 380 g/mol. The Bertz CT molecular complexity index is 1220. The molecule has 0 bridgehead atoms. The van der Waals surface area contributed by atoms with Gasteiger partial charge in [-0.3, -0.25) is 14.9 Å². The topological polar surface area (TPSA) is 127 Å². The van der Waals surface area contributed by atoms with Gasteiger partial charge in [-0.25, -0.2) is 4.98 Å². The summed E-state index contributed by atoms with van der Waals surface area (Å²) in [5.41, 5.74) is 3.61. The molecular formula is C18H14N6O3S. The molecule has 2 aromatic heterocycles. The Hall–Kier alpha value is -3.53. The van der Waals surface area contributed by atoms with E-state index in [9.17, 15) is 14.9 Å². The minimum atomic E-state index is -0.513. The first-order valence-corrected chi connectivity index (χ1v) is 9.28. The maximum Gasteiger partial charge on any atom is 0.271 e. The van der Waals surface area contributed by atoms with Gasteiger partial charge in [0.2, 0.25) is 11.1 Å². The van der Waals surface area contributed by atoms with Crippen molar-refractivity contribution in [2.75, 3.05) is 11.1 Å². The van der Waals surface area contributed by atoms with Crippen molar-refractivity contribution in [1.29, 1.82) is 0 Å². The molecule has 0 fully saturated rings. The van der Waals surface area contributed by atoms with Gasteiger partial charge in [-0.05, 0) is 25.1 Å². The quantitative estimate of drug-likeness (QED) is 0.301. The van der Waals surface area contributed by atoms with Crippen LogP contribution in [0.3, 0.4) is 0 Å². The fraction of sp³-hybridized carbons (Fsp3) is 0.111. The fourth-order valence-corrected chi connectivity index (χ4v) is 3.34. The summed E-state index contributed by atoms with van der Waals surface area (Å²) in [6, 6.07) is 11.8. The van der Waals surface area contributed by atoms with Crippen LogP contribution < -0.4 is 5.32 Å². The minimum absolute atomic E-state index is 0.0508. The molecule has 0 saturated carbocycles. The summed E-state index contributed by atoms with van der Waals surface area (Å²) in [4.78, 5) is 30.0. The number of hydrogen-bond donors (Lipinski definition) is 2. The third kappa shape index (κ3) is 3.62. The number of rotatable bonds is 5. The second-order valence-electron chi connectivity index (χ2n) is 6.11. The van der Waals surface area contributed by atoms with Gasteiger partial charge < -0.3 is 10.3 Å². The van der Waals surface area contributed by atoms with Gasteiger partial charge in [0.15, 0.2) is 5.65 Å². The lowest BCUT2D eigenvalue weighted by Crippen LogP contribution is -2.14. The van der Waals surface area contributed by atoms with Gasteiger partial charge in [0.25, 0.3) is 5.69 Å². The van der Waals surface area contributed by atoms with E-state index >= 15 is 0 Å². The van der Waals surface area contributed by atoms with E-state index in [1.807, 2.05) is 25.1 Å². The Morgan fingerprint density at radius 3 is 2.93 bits per heavy atom. The van der Waals surface area contributed by atoms with E-state index in [-0.39, 0.29) is 17.3 Å². The molecule has 4 rings (SSSR count). The highest BCUT2D eigenvalue weighted by molar-refractivity contribution is 7.99. The highest BCUT2D eigenvalue weighted by Crippen LogP contribution is 2.24. The van der Waals surface area contributed by atoms with E-state index in [2.05, 4.69) is 25.5 Å². The van der Waals surface area contributed by atoms with E-state index in [1.54, 1.807) is 6.07 Å². The summed E-state index contributed by atoms with van der Waals surface area (Å²) >= 11 is 1.14. The van der Waals surface area contributed by atoms with Crippen molar-refractivity contribution in [2.24, 2.45) is 0 Å². The molecule has 1 amide bonds. The summed E-state index contributed by atoms with van der Waals surface area (Å²) < 4.78 is 0. The number of thioether (sulfide) groups is 1. The normalized spacial score (nSPS) is 11.0. The zero-order valence-corrected chi connectivity index (χ0v) is 15.5. The zero-order chi connectivity index (χ0) is 19.7. The number of amides is 1. The van der Waals surface area contributed by atoms with Crippen molar-refractivity contribution in [3.05, 3.63) is 58.1 Å². The standard InChI is InChI=1S/C18H14N6O3S/c1-10-5-6-14-13(7-10)16-17(20-14)21-18(23-22-16)28-9-15(25)19-11-3-2-4-12(8-11)24(26)27/h2-8H,9H2,1H3,(H,19,25)(H,20,21,23). The molecule has 0 aliphatic heterocycles. The van der Waals surface area contributed by atoms with Gasteiger partial charge in [0.1, 0.15) is 5.52 Å². The number of carbonyl (C=O) groups is 1. The van der Waals surface area contributed by atoms with Crippen LogP contribution in [0.25, 0.3) is 22.1 Å². The second kappa shape index (κ2) is 7.24. The first-order chi connectivity index (χ1) is 13.5. The lowest BCUT2D eigenvalue weighted by atomic mass is 10.2. The predicted octanol–water partition coefficient (Wildman–Crippen LogP) is 3.45. The van der Waals surface area contributed by atoms with Crippen molar-refractivity contribution in [2.45, 2.75) is 12.1 Å². The maximum atomic E-state index is 12.1. The molecule has 0 radical (unpaired) electrons. The number of nitro groups is 1. The number of aryl methyl sites for hydroxylation is 1. The van der Waals surface area contributed by atoms with E-state index in [0.29, 0.717) is 22.0 Å². The highest BCUT2D eigenvalue weighted by atomic mass is 32.2. The predicted molar refractivity (Wildman–Crippen MR) is 106 cm³/mol. The molecule has 2 heterocycles. The molecule has 9 nitrogen and oxygen atoms in total. The molecule has 140 valence electrons. The van der Waals surface area contributed by atoms with Gasteiger partial charge in [0.05, 0.1) is 10.7 Å². The molecule has 0 saturated heterocycles. The number of carbonyl (C=O) groups excluding carboxylic acids is 1.